The number of fused-ring (bicyclic) bond motifs is 1. The van der Waals surface area contributed by atoms with Gasteiger partial charge in [0, 0.05) is 5.56 Å². The molecule has 0 bridgehead atoms. The Morgan fingerprint density at radius 1 is 1.06 bits per heavy atom. The lowest BCUT2D eigenvalue weighted by Crippen LogP contribution is -2.17. The predicted octanol–water partition coefficient (Wildman–Crippen LogP) is 7.13. The molecule has 0 spiro atoms. The first-order valence-electron chi connectivity index (χ1n) is 12.0. The van der Waals surface area contributed by atoms with Crippen LogP contribution in [-0.2, 0) is 23.2 Å². The van der Waals surface area contributed by atoms with E-state index in [0.29, 0.717) is 17.9 Å². The van der Waals surface area contributed by atoms with E-state index in [-0.39, 0.29) is 17.2 Å². The Morgan fingerprint density at radius 3 is 2.49 bits per heavy atom. The van der Waals surface area contributed by atoms with Gasteiger partial charge in [-0.1, -0.05) is 52.0 Å². The van der Waals surface area contributed by atoms with Gasteiger partial charge in [-0.15, -0.1) is 0 Å². The smallest absolute Gasteiger partial charge is 0.306 e. The number of carboxylic acid groups (broad SMARTS) is 1. The Morgan fingerprint density at radius 2 is 1.80 bits per heavy atom. The molecule has 1 aliphatic rings. The van der Waals surface area contributed by atoms with Crippen molar-refractivity contribution in [2.75, 3.05) is 7.11 Å². The molecule has 35 heavy (non-hydrogen) atoms. The lowest BCUT2D eigenvalue weighted by molar-refractivity contribution is -0.141. The zero-order valence-electron chi connectivity index (χ0n) is 21.0. The van der Waals surface area contributed by atoms with Crippen molar-refractivity contribution in [3.8, 4) is 22.6 Å². The van der Waals surface area contributed by atoms with E-state index in [0.717, 1.165) is 40.8 Å². The monoisotopic (exact) mass is 476 g/mol. The largest absolute Gasteiger partial charge is 0.497 e. The molecule has 1 N–H and O–H groups in total. The van der Waals surface area contributed by atoms with Crippen molar-refractivity contribution < 1.29 is 23.8 Å². The molecule has 0 saturated carbocycles. The van der Waals surface area contributed by atoms with Crippen LogP contribution < -0.4 is 9.47 Å². The number of carbonyl (C=O) groups is 1. The summed E-state index contributed by atoms with van der Waals surface area (Å²) in [6, 6.07) is 16.8. The van der Waals surface area contributed by atoms with E-state index >= 15 is 0 Å². The van der Waals surface area contributed by atoms with Gasteiger partial charge >= 0.3 is 5.97 Å². The van der Waals surface area contributed by atoms with E-state index in [2.05, 4.69) is 32.9 Å². The van der Waals surface area contributed by atoms with Crippen molar-refractivity contribution in [3.05, 3.63) is 82.7 Å². The SMILES string of the molecule is COc1ccc(F)c(-c2ccc(COc3ccc4c(c3)[C@@H]([C@@H](C)C(=O)O)CC4)cc2C(C)(C)C)c1. The van der Waals surface area contributed by atoms with Crippen LogP contribution in [0.25, 0.3) is 11.1 Å². The fourth-order valence-electron chi connectivity index (χ4n) is 4.93. The van der Waals surface area contributed by atoms with Crippen molar-refractivity contribution in [1.82, 2.24) is 0 Å². The molecule has 0 unspecified atom stereocenters. The van der Waals surface area contributed by atoms with Gasteiger partial charge in [0.05, 0.1) is 13.0 Å². The van der Waals surface area contributed by atoms with Crippen LogP contribution in [0.4, 0.5) is 4.39 Å². The number of methoxy groups -OCH3 is 1. The van der Waals surface area contributed by atoms with E-state index in [4.69, 9.17) is 9.47 Å². The maximum Gasteiger partial charge on any atom is 0.306 e. The third kappa shape index (κ3) is 5.19. The Kier molecular flexibility index (Phi) is 6.88. The van der Waals surface area contributed by atoms with E-state index in [1.54, 1.807) is 26.2 Å². The molecule has 2 atom stereocenters. The minimum atomic E-state index is -0.767. The summed E-state index contributed by atoms with van der Waals surface area (Å²) in [6.45, 7) is 8.47. The number of benzene rings is 3. The average Bonchev–Trinajstić information content (AvgIpc) is 3.25. The second kappa shape index (κ2) is 9.73. The summed E-state index contributed by atoms with van der Waals surface area (Å²) in [4.78, 5) is 11.5. The molecule has 184 valence electrons. The van der Waals surface area contributed by atoms with Crippen LogP contribution >= 0.6 is 0 Å². The third-order valence-electron chi connectivity index (χ3n) is 7.00. The maximum atomic E-state index is 14.8. The van der Waals surface area contributed by atoms with Crippen molar-refractivity contribution in [3.63, 3.8) is 0 Å². The Balaban J connectivity index is 1.60. The molecule has 1 aliphatic carbocycles. The first kappa shape index (κ1) is 24.8. The average molecular weight is 477 g/mol. The minimum absolute atomic E-state index is 0.00980. The van der Waals surface area contributed by atoms with Crippen LogP contribution in [0.15, 0.2) is 54.6 Å². The fourth-order valence-corrected chi connectivity index (χ4v) is 4.93. The van der Waals surface area contributed by atoms with Crippen LogP contribution in [0.3, 0.4) is 0 Å². The number of hydrogen-bond donors (Lipinski definition) is 1. The van der Waals surface area contributed by atoms with Gasteiger partial charge in [0.1, 0.15) is 23.9 Å². The number of hydrogen-bond acceptors (Lipinski definition) is 3. The molecule has 3 aromatic rings. The highest BCUT2D eigenvalue weighted by atomic mass is 19.1. The lowest BCUT2D eigenvalue weighted by Gasteiger charge is -2.25. The van der Waals surface area contributed by atoms with Crippen LogP contribution in [0.1, 0.15) is 62.3 Å². The first-order valence-corrected chi connectivity index (χ1v) is 12.0. The quantitative estimate of drug-likeness (QED) is 0.394. The highest BCUT2D eigenvalue weighted by Crippen LogP contribution is 2.41. The number of ether oxygens (including phenoxy) is 2. The molecule has 0 amide bonds. The molecule has 4 nitrogen and oxygen atoms in total. The Labute approximate surface area is 206 Å². The van der Waals surface area contributed by atoms with Crippen LogP contribution in [0.5, 0.6) is 11.5 Å². The van der Waals surface area contributed by atoms with Crippen molar-refractivity contribution in [2.45, 2.75) is 58.5 Å². The van der Waals surface area contributed by atoms with Crippen LogP contribution in [0, 0.1) is 11.7 Å². The second-order valence-corrected chi connectivity index (χ2v) is 10.4. The van der Waals surface area contributed by atoms with Gasteiger partial charge in [-0.05, 0) is 82.3 Å². The molecule has 0 radical (unpaired) electrons. The number of aliphatic carboxylic acids is 1. The van der Waals surface area contributed by atoms with Gasteiger partial charge in [0.25, 0.3) is 0 Å². The van der Waals surface area contributed by atoms with Gasteiger partial charge < -0.3 is 14.6 Å². The highest BCUT2D eigenvalue weighted by Gasteiger charge is 2.31. The van der Waals surface area contributed by atoms with Gasteiger partial charge in [0.2, 0.25) is 0 Å². The third-order valence-corrected chi connectivity index (χ3v) is 7.00. The van der Waals surface area contributed by atoms with Gasteiger partial charge in [0.15, 0.2) is 0 Å². The predicted molar refractivity (Wildman–Crippen MR) is 136 cm³/mol. The Hall–Kier alpha value is -3.34. The van der Waals surface area contributed by atoms with E-state index in [1.165, 1.54) is 11.6 Å². The van der Waals surface area contributed by atoms with E-state index in [1.807, 2.05) is 24.3 Å². The molecule has 4 rings (SSSR count). The standard InChI is InChI=1S/C30H33FO4/c1-18(29(32)33)23-12-8-20-7-9-22(16-25(20)23)35-17-19-6-11-24(27(14-19)30(2,3)4)26-15-21(34-5)10-13-28(26)31/h6-7,9-11,13-16,18,23H,8,12,17H2,1-5H3,(H,32,33)/t18-,23-/m1/s1. The lowest BCUT2D eigenvalue weighted by atomic mass is 9.81. The molecular weight excluding hydrogens is 443 g/mol. The topological polar surface area (TPSA) is 55.8 Å². The van der Waals surface area contributed by atoms with Gasteiger partial charge in [-0.3, -0.25) is 4.79 Å². The zero-order chi connectivity index (χ0) is 25.3. The summed E-state index contributed by atoms with van der Waals surface area (Å²) < 4.78 is 26.2. The minimum Gasteiger partial charge on any atom is -0.497 e. The summed E-state index contributed by atoms with van der Waals surface area (Å²) in [5.74, 6) is -0.129. The van der Waals surface area contributed by atoms with Crippen molar-refractivity contribution >= 4 is 5.97 Å². The number of aryl methyl sites for hydroxylation is 1. The molecule has 0 saturated heterocycles. The number of halogens is 1. The molecule has 0 heterocycles. The molecule has 0 aromatic heterocycles. The Bertz CT molecular complexity index is 1240. The zero-order valence-corrected chi connectivity index (χ0v) is 21.0. The summed E-state index contributed by atoms with van der Waals surface area (Å²) >= 11 is 0. The normalized spacial score (nSPS) is 16.0. The number of rotatable bonds is 7. The summed E-state index contributed by atoms with van der Waals surface area (Å²) in [5.41, 5.74) is 5.42. The molecule has 5 heteroatoms. The molecule has 0 fully saturated rings. The van der Waals surface area contributed by atoms with Crippen molar-refractivity contribution in [2.24, 2.45) is 5.92 Å². The van der Waals surface area contributed by atoms with Crippen LogP contribution in [0.2, 0.25) is 0 Å². The highest BCUT2D eigenvalue weighted by molar-refractivity contribution is 5.72. The van der Waals surface area contributed by atoms with Crippen molar-refractivity contribution in [1.29, 1.82) is 0 Å². The van der Waals surface area contributed by atoms with E-state index < -0.39 is 11.9 Å². The second-order valence-electron chi connectivity index (χ2n) is 10.4. The first-order chi connectivity index (χ1) is 16.6. The number of carboxylic acids is 1. The summed E-state index contributed by atoms with van der Waals surface area (Å²) in [7, 11) is 1.58. The fraction of sp³-hybridized carbons (Fsp3) is 0.367. The summed E-state index contributed by atoms with van der Waals surface area (Å²) in [6.07, 6.45) is 1.75. The van der Waals surface area contributed by atoms with Gasteiger partial charge in [-0.2, -0.15) is 0 Å². The maximum absolute atomic E-state index is 14.8. The molecular formula is C30H33FO4. The van der Waals surface area contributed by atoms with Crippen LogP contribution in [-0.4, -0.2) is 18.2 Å². The van der Waals surface area contributed by atoms with Gasteiger partial charge in [-0.25, -0.2) is 4.39 Å². The molecule has 3 aromatic carbocycles. The van der Waals surface area contributed by atoms with E-state index in [9.17, 15) is 14.3 Å². The summed E-state index contributed by atoms with van der Waals surface area (Å²) in [5, 5.41) is 9.47. The molecule has 0 aliphatic heterocycles.